The highest BCUT2D eigenvalue weighted by Gasteiger charge is 2.18. The van der Waals surface area contributed by atoms with Gasteiger partial charge in [0.05, 0.1) is 12.0 Å². The van der Waals surface area contributed by atoms with Crippen LogP contribution in [0.25, 0.3) is 6.08 Å². The molecule has 0 aliphatic rings. The van der Waals surface area contributed by atoms with Crippen molar-refractivity contribution >= 4 is 12.0 Å². The van der Waals surface area contributed by atoms with E-state index in [1.54, 1.807) is 6.08 Å². The quantitative estimate of drug-likeness (QED) is 0.789. The second-order valence-corrected chi connectivity index (χ2v) is 3.39. The number of hydrogen-bond acceptors (Lipinski definition) is 2. The Kier molecular flexibility index (Phi) is 4.06. The lowest BCUT2D eigenvalue weighted by atomic mass is 10.0. The largest absolute Gasteiger partial charge is 0.481 e. The van der Waals surface area contributed by atoms with Gasteiger partial charge in [0.1, 0.15) is 0 Å². The predicted octanol–water partition coefficient (Wildman–Crippen LogP) is 1.78. The molecule has 15 heavy (non-hydrogen) atoms. The third kappa shape index (κ3) is 3.56. The number of hydrogen-bond donors (Lipinski definition) is 2. The second-order valence-electron chi connectivity index (χ2n) is 3.39. The fourth-order valence-electron chi connectivity index (χ4n) is 1.09. The van der Waals surface area contributed by atoms with Crippen LogP contribution in [0.15, 0.2) is 36.4 Å². The minimum Gasteiger partial charge on any atom is -0.481 e. The first-order valence-corrected chi connectivity index (χ1v) is 4.75. The van der Waals surface area contributed by atoms with Crippen LogP contribution in [0.3, 0.4) is 0 Å². The summed E-state index contributed by atoms with van der Waals surface area (Å²) in [4.78, 5) is 10.6. The summed E-state index contributed by atoms with van der Waals surface area (Å²) in [6.45, 7) is 1.47. The topological polar surface area (TPSA) is 57.5 Å². The summed E-state index contributed by atoms with van der Waals surface area (Å²) in [6, 6.07) is 9.43. The Bertz CT molecular complexity index is 343. The normalized spacial score (nSPS) is 15.1. The van der Waals surface area contributed by atoms with Crippen LogP contribution in [0, 0.1) is 5.92 Å². The summed E-state index contributed by atoms with van der Waals surface area (Å²) < 4.78 is 0. The number of carbonyl (C=O) groups is 1. The lowest BCUT2D eigenvalue weighted by Gasteiger charge is -2.09. The second kappa shape index (κ2) is 5.32. The molecule has 1 unspecified atom stereocenters. The van der Waals surface area contributed by atoms with Crippen molar-refractivity contribution in [1.29, 1.82) is 0 Å². The van der Waals surface area contributed by atoms with Crippen molar-refractivity contribution < 1.29 is 15.0 Å². The Morgan fingerprint density at radius 1 is 1.33 bits per heavy atom. The van der Waals surface area contributed by atoms with Gasteiger partial charge in [0.15, 0.2) is 0 Å². The molecule has 3 heteroatoms. The predicted molar refractivity (Wildman–Crippen MR) is 58.3 cm³/mol. The molecule has 0 aliphatic heterocycles. The highest BCUT2D eigenvalue weighted by molar-refractivity contribution is 5.71. The van der Waals surface area contributed by atoms with E-state index >= 15 is 0 Å². The molecule has 1 aromatic carbocycles. The summed E-state index contributed by atoms with van der Waals surface area (Å²) in [5.74, 6) is -1.79. The number of aliphatic hydroxyl groups is 1. The molecule has 0 heterocycles. The van der Waals surface area contributed by atoms with Crippen molar-refractivity contribution in [3.8, 4) is 0 Å². The molecule has 0 saturated heterocycles. The van der Waals surface area contributed by atoms with Crippen molar-refractivity contribution in [2.75, 3.05) is 0 Å². The molecule has 0 bridgehead atoms. The average molecular weight is 206 g/mol. The molecule has 0 spiro atoms. The smallest absolute Gasteiger partial charge is 0.309 e. The Hall–Kier alpha value is -1.61. The molecule has 2 atom stereocenters. The zero-order valence-electron chi connectivity index (χ0n) is 8.50. The van der Waals surface area contributed by atoms with Gasteiger partial charge in [0, 0.05) is 0 Å². The van der Waals surface area contributed by atoms with E-state index in [-0.39, 0.29) is 0 Å². The number of carboxylic acid groups (broad SMARTS) is 1. The van der Waals surface area contributed by atoms with Gasteiger partial charge in [-0.25, -0.2) is 0 Å². The maximum atomic E-state index is 10.6. The number of aliphatic hydroxyl groups excluding tert-OH is 1. The van der Waals surface area contributed by atoms with Gasteiger partial charge in [-0.3, -0.25) is 4.79 Å². The molecule has 0 saturated carbocycles. The van der Waals surface area contributed by atoms with Crippen LogP contribution in [0.5, 0.6) is 0 Å². The number of benzene rings is 1. The average Bonchev–Trinajstić information content (AvgIpc) is 2.26. The lowest BCUT2D eigenvalue weighted by Crippen LogP contribution is -2.23. The van der Waals surface area contributed by atoms with E-state index in [0.29, 0.717) is 0 Å². The van der Waals surface area contributed by atoms with E-state index in [1.165, 1.54) is 13.0 Å². The molecule has 3 nitrogen and oxygen atoms in total. The fraction of sp³-hybridized carbons (Fsp3) is 0.250. The van der Waals surface area contributed by atoms with E-state index in [9.17, 15) is 9.90 Å². The third-order valence-electron chi connectivity index (χ3n) is 2.19. The zero-order chi connectivity index (χ0) is 11.3. The summed E-state index contributed by atoms with van der Waals surface area (Å²) in [5, 5.41) is 18.1. The Labute approximate surface area is 88.7 Å². The van der Waals surface area contributed by atoms with Gasteiger partial charge >= 0.3 is 5.97 Å². The minimum absolute atomic E-state index is 0.787. The van der Waals surface area contributed by atoms with Crippen molar-refractivity contribution in [3.63, 3.8) is 0 Å². The zero-order valence-corrected chi connectivity index (χ0v) is 8.50. The first kappa shape index (κ1) is 11.5. The molecule has 0 aliphatic carbocycles. The number of carboxylic acids is 1. The molecular formula is C12H14O3. The third-order valence-corrected chi connectivity index (χ3v) is 2.19. The van der Waals surface area contributed by atoms with E-state index < -0.39 is 18.0 Å². The van der Waals surface area contributed by atoms with Gasteiger partial charge in [-0.15, -0.1) is 0 Å². The molecule has 0 fully saturated rings. The minimum atomic E-state index is -1.000. The summed E-state index contributed by atoms with van der Waals surface area (Å²) >= 11 is 0. The van der Waals surface area contributed by atoms with Crippen molar-refractivity contribution in [1.82, 2.24) is 0 Å². The molecule has 2 N–H and O–H groups in total. The molecule has 0 amide bonds. The standard InChI is InChI=1S/C12H14O3/c1-9(12(14)15)11(13)8-7-10-5-3-2-4-6-10/h2-9,11,13H,1H3,(H,14,15)/b8-7+/t9-,11?/m0/s1. The molecule has 80 valence electrons. The van der Waals surface area contributed by atoms with Crippen molar-refractivity contribution in [2.24, 2.45) is 5.92 Å². The van der Waals surface area contributed by atoms with Crippen LogP contribution < -0.4 is 0 Å². The van der Waals surface area contributed by atoms with Gasteiger partial charge in [-0.2, -0.15) is 0 Å². The SMILES string of the molecule is C[C@H](C(=O)O)C(O)/C=C/c1ccccc1. The first-order valence-electron chi connectivity index (χ1n) is 4.75. The van der Waals surface area contributed by atoms with Crippen molar-refractivity contribution in [2.45, 2.75) is 13.0 Å². The van der Waals surface area contributed by atoms with Crippen LogP contribution in [-0.4, -0.2) is 22.3 Å². The Balaban J connectivity index is 2.62. The highest BCUT2D eigenvalue weighted by Crippen LogP contribution is 2.08. The van der Waals surface area contributed by atoms with E-state index in [1.807, 2.05) is 30.3 Å². The van der Waals surface area contributed by atoms with Gasteiger partial charge in [-0.05, 0) is 12.5 Å². The van der Waals surface area contributed by atoms with Gasteiger partial charge < -0.3 is 10.2 Å². The van der Waals surface area contributed by atoms with Crippen LogP contribution in [0.1, 0.15) is 12.5 Å². The van der Waals surface area contributed by atoms with Crippen LogP contribution >= 0.6 is 0 Å². The summed E-state index contributed by atoms with van der Waals surface area (Å²) in [7, 11) is 0. The summed E-state index contributed by atoms with van der Waals surface area (Å²) in [5.41, 5.74) is 0.939. The van der Waals surface area contributed by atoms with Crippen molar-refractivity contribution in [3.05, 3.63) is 42.0 Å². The number of rotatable bonds is 4. The molecule has 1 aromatic rings. The molecule has 0 aromatic heterocycles. The molecular weight excluding hydrogens is 192 g/mol. The van der Waals surface area contributed by atoms with Gasteiger partial charge in [0.2, 0.25) is 0 Å². The fourth-order valence-corrected chi connectivity index (χ4v) is 1.09. The number of aliphatic carboxylic acids is 1. The Morgan fingerprint density at radius 2 is 1.93 bits per heavy atom. The van der Waals surface area contributed by atoms with E-state index in [2.05, 4.69) is 0 Å². The lowest BCUT2D eigenvalue weighted by molar-refractivity contribution is -0.143. The molecule has 0 radical (unpaired) electrons. The van der Waals surface area contributed by atoms with Crippen LogP contribution in [-0.2, 0) is 4.79 Å². The van der Waals surface area contributed by atoms with Crippen LogP contribution in [0.2, 0.25) is 0 Å². The maximum absolute atomic E-state index is 10.6. The first-order chi connectivity index (χ1) is 7.11. The Morgan fingerprint density at radius 3 is 2.47 bits per heavy atom. The molecule has 1 rings (SSSR count). The highest BCUT2D eigenvalue weighted by atomic mass is 16.4. The van der Waals surface area contributed by atoms with Gasteiger partial charge in [-0.1, -0.05) is 42.5 Å². The van der Waals surface area contributed by atoms with Crippen LogP contribution in [0.4, 0.5) is 0 Å². The van der Waals surface area contributed by atoms with E-state index in [4.69, 9.17) is 5.11 Å². The maximum Gasteiger partial charge on any atom is 0.309 e. The van der Waals surface area contributed by atoms with Gasteiger partial charge in [0.25, 0.3) is 0 Å². The monoisotopic (exact) mass is 206 g/mol. The summed E-state index contributed by atoms with van der Waals surface area (Å²) in [6.07, 6.45) is 2.25. The van der Waals surface area contributed by atoms with E-state index in [0.717, 1.165) is 5.56 Å².